The smallest absolute Gasteiger partial charge is 0.254 e. The fourth-order valence-electron chi connectivity index (χ4n) is 3.56. The Morgan fingerprint density at radius 1 is 1.15 bits per heavy atom. The number of anilines is 1. The largest absolute Gasteiger partial charge is 0.345 e. The number of nitrogens with zero attached hydrogens (tertiary/aromatic N) is 5. The quantitative estimate of drug-likeness (QED) is 0.486. The van der Waals surface area contributed by atoms with Crippen LogP contribution in [0.15, 0.2) is 61.2 Å². The number of pyridine rings is 2. The van der Waals surface area contributed by atoms with Crippen molar-refractivity contribution >= 4 is 28.5 Å². The number of rotatable bonds is 6. The predicted octanol–water partition coefficient (Wildman–Crippen LogP) is 3.82. The van der Waals surface area contributed by atoms with Gasteiger partial charge in [0.05, 0.1) is 35.2 Å². The Hall–Kier alpha value is -4.14. The minimum atomic E-state index is -0.340. The van der Waals surface area contributed by atoms with Crippen LogP contribution < -0.4 is 10.2 Å². The summed E-state index contributed by atoms with van der Waals surface area (Å²) < 4.78 is 14.9. The van der Waals surface area contributed by atoms with Crippen LogP contribution in [0.5, 0.6) is 0 Å². The lowest BCUT2D eigenvalue weighted by atomic mass is 10.0. The zero-order chi connectivity index (χ0) is 23.5. The minimum absolute atomic E-state index is 0.132. The van der Waals surface area contributed by atoms with Crippen molar-refractivity contribution in [2.24, 2.45) is 0 Å². The molecule has 168 valence electrons. The molecule has 8 nitrogen and oxygen atoms in total. The third-order valence-electron chi connectivity index (χ3n) is 5.51. The van der Waals surface area contributed by atoms with Gasteiger partial charge in [-0.3, -0.25) is 14.6 Å². The van der Waals surface area contributed by atoms with Crippen LogP contribution in [0.4, 0.5) is 10.2 Å². The number of benzene rings is 1. The molecule has 1 unspecified atom stereocenters. The molecule has 0 fully saturated rings. The molecule has 0 aliphatic heterocycles. The van der Waals surface area contributed by atoms with Gasteiger partial charge in [0.1, 0.15) is 11.6 Å². The van der Waals surface area contributed by atoms with E-state index in [9.17, 15) is 14.0 Å². The molecule has 33 heavy (non-hydrogen) atoms. The fraction of sp³-hybridized carbons (Fsp3) is 0.208. The Morgan fingerprint density at radius 3 is 2.61 bits per heavy atom. The van der Waals surface area contributed by atoms with Gasteiger partial charge in [0, 0.05) is 31.8 Å². The molecule has 1 aromatic carbocycles. The number of amides is 2. The maximum absolute atomic E-state index is 13.3. The molecule has 3 aromatic heterocycles. The van der Waals surface area contributed by atoms with E-state index in [1.54, 1.807) is 48.5 Å². The van der Waals surface area contributed by atoms with Crippen LogP contribution in [0, 0.1) is 5.82 Å². The molecule has 0 aliphatic rings. The predicted molar refractivity (Wildman–Crippen MR) is 123 cm³/mol. The second-order valence-electron chi connectivity index (χ2n) is 7.61. The van der Waals surface area contributed by atoms with Gasteiger partial charge in [-0.2, -0.15) is 5.10 Å². The van der Waals surface area contributed by atoms with Gasteiger partial charge in [0.2, 0.25) is 5.91 Å². The van der Waals surface area contributed by atoms with Gasteiger partial charge in [0.15, 0.2) is 0 Å². The van der Waals surface area contributed by atoms with E-state index in [1.807, 2.05) is 13.0 Å². The van der Waals surface area contributed by atoms with Gasteiger partial charge in [-0.15, -0.1) is 0 Å². The van der Waals surface area contributed by atoms with Crippen molar-refractivity contribution < 1.29 is 14.0 Å². The van der Waals surface area contributed by atoms with E-state index in [1.165, 1.54) is 30.2 Å². The highest BCUT2D eigenvalue weighted by molar-refractivity contribution is 6.06. The van der Waals surface area contributed by atoms with Crippen LogP contribution in [0.25, 0.3) is 16.6 Å². The zero-order valence-corrected chi connectivity index (χ0v) is 18.5. The number of nitrogens with one attached hydrogen (secondary N) is 1. The molecular formula is C24H23FN6O2. The molecule has 0 spiro atoms. The number of hydrogen-bond donors (Lipinski definition) is 1. The first-order chi connectivity index (χ1) is 15.9. The van der Waals surface area contributed by atoms with Gasteiger partial charge in [-0.05, 0) is 48.4 Å². The molecule has 0 saturated carbocycles. The maximum atomic E-state index is 13.3. The first-order valence-corrected chi connectivity index (χ1v) is 10.5. The van der Waals surface area contributed by atoms with E-state index in [0.717, 1.165) is 5.56 Å². The average molecular weight is 446 g/mol. The minimum Gasteiger partial charge on any atom is -0.345 e. The van der Waals surface area contributed by atoms with Gasteiger partial charge < -0.3 is 10.2 Å². The summed E-state index contributed by atoms with van der Waals surface area (Å²) in [5.74, 6) is -0.255. The van der Waals surface area contributed by atoms with E-state index < -0.39 is 0 Å². The zero-order valence-electron chi connectivity index (χ0n) is 18.5. The molecule has 0 saturated heterocycles. The summed E-state index contributed by atoms with van der Waals surface area (Å²) in [5.41, 5.74) is 2.52. The van der Waals surface area contributed by atoms with Crippen LogP contribution in [-0.4, -0.2) is 38.6 Å². The number of fused-ring (bicyclic) bond motifs is 1. The number of hydrogen-bond acceptors (Lipinski definition) is 5. The van der Waals surface area contributed by atoms with Gasteiger partial charge in [0.25, 0.3) is 5.91 Å². The van der Waals surface area contributed by atoms with Crippen molar-refractivity contribution in [2.75, 3.05) is 11.9 Å². The van der Waals surface area contributed by atoms with Crippen molar-refractivity contribution in [2.45, 2.75) is 26.3 Å². The molecule has 0 radical (unpaired) electrons. The Morgan fingerprint density at radius 2 is 1.91 bits per heavy atom. The van der Waals surface area contributed by atoms with Gasteiger partial charge in [-0.25, -0.2) is 14.1 Å². The second kappa shape index (κ2) is 9.15. The summed E-state index contributed by atoms with van der Waals surface area (Å²) in [4.78, 5) is 34.8. The average Bonchev–Trinajstić information content (AvgIpc) is 3.26. The van der Waals surface area contributed by atoms with Crippen LogP contribution in [0.3, 0.4) is 0 Å². The lowest BCUT2D eigenvalue weighted by molar-refractivity contribution is -0.116. The van der Waals surface area contributed by atoms with E-state index in [4.69, 9.17) is 0 Å². The number of aromatic nitrogens is 4. The maximum Gasteiger partial charge on any atom is 0.254 e. The van der Waals surface area contributed by atoms with Crippen molar-refractivity contribution in [1.82, 2.24) is 25.1 Å². The lowest BCUT2D eigenvalue weighted by Gasteiger charge is -2.20. The number of carbonyl (C=O) groups excluding carboxylic acids is 2. The van der Waals surface area contributed by atoms with Crippen LogP contribution in [0.1, 0.15) is 42.2 Å². The Bertz CT molecular complexity index is 1320. The summed E-state index contributed by atoms with van der Waals surface area (Å²) >= 11 is 0. The molecule has 9 heteroatoms. The molecule has 3 heterocycles. The Labute approximate surface area is 190 Å². The lowest BCUT2D eigenvalue weighted by Crippen LogP contribution is -2.29. The first-order valence-electron chi connectivity index (χ1n) is 10.5. The van der Waals surface area contributed by atoms with Gasteiger partial charge >= 0.3 is 0 Å². The molecule has 0 aliphatic carbocycles. The first kappa shape index (κ1) is 22.1. The van der Waals surface area contributed by atoms with Crippen molar-refractivity contribution in [3.05, 3.63) is 78.1 Å². The molecule has 4 rings (SSSR count). The van der Waals surface area contributed by atoms with Crippen LogP contribution in [-0.2, 0) is 4.79 Å². The summed E-state index contributed by atoms with van der Waals surface area (Å²) in [6, 6.07) is 9.25. The SMILES string of the molecule is CCC(NC(=O)c1cncc2c1cnn2-c1ccc(F)cc1)c1ccnc(N(C)C(C)=O)c1. The van der Waals surface area contributed by atoms with Crippen LogP contribution >= 0.6 is 0 Å². The Balaban J connectivity index is 1.63. The summed E-state index contributed by atoms with van der Waals surface area (Å²) in [7, 11) is 1.65. The van der Waals surface area contributed by atoms with Crippen molar-refractivity contribution in [3.8, 4) is 5.69 Å². The monoisotopic (exact) mass is 446 g/mol. The second-order valence-corrected chi connectivity index (χ2v) is 7.61. The topological polar surface area (TPSA) is 93.0 Å². The third kappa shape index (κ3) is 4.43. The Kier molecular flexibility index (Phi) is 6.12. The highest BCUT2D eigenvalue weighted by Crippen LogP contribution is 2.24. The summed E-state index contributed by atoms with van der Waals surface area (Å²) in [5, 5.41) is 8.05. The highest BCUT2D eigenvalue weighted by Gasteiger charge is 2.20. The fourth-order valence-corrected chi connectivity index (χ4v) is 3.56. The highest BCUT2D eigenvalue weighted by atomic mass is 19.1. The molecule has 2 amide bonds. The van der Waals surface area contributed by atoms with E-state index >= 15 is 0 Å². The standard InChI is InChI=1S/C24H23FN6O2/c1-4-21(16-9-10-27-23(11-16)30(3)15(2)32)29-24(33)20-12-26-14-22-19(20)13-28-31(22)18-7-5-17(25)6-8-18/h5-14,21H,4H2,1-3H3,(H,29,33). The summed E-state index contributed by atoms with van der Waals surface area (Å²) in [6.07, 6.45) is 6.98. The molecule has 1 atom stereocenters. The third-order valence-corrected chi connectivity index (χ3v) is 5.51. The van der Waals surface area contributed by atoms with Crippen molar-refractivity contribution in [1.29, 1.82) is 0 Å². The molecule has 4 aromatic rings. The summed E-state index contributed by atoms with van der Waals surface area (Å²) in [6.45, 7) is 3.43. The van der Waals surface area contributed by atoms with E-state index in [-0.39, 0.29) is 23.7 Å². The molecule has 0 bridgehead atoms. The normalized spacial score (nSPS) is 11.9. The number of halogens is 1. The van der Waals surface area contributed by atoms with Crippen molar-refractivity contribution in [3.63, 3.8) is 0 Å². The van der Waals surface area contributed by atoms with E-state index in [0.29, 0.717) is 34.4 Å². The molecule has 1 N–H and O–H groups in total. The molecular weight excluding hydrogens is 423 g/mol. The van der Waals surface area contributed by atoms with Gasteiger partial charge in [-0.1, -0.05) is 6.92 Å². The van der Waals surface area contributed by atoms with Crippen LogP contribution in [0.2, 0.25) is 0 Å². The van der Waals surface area contributed by atoms with E-state index in [2.05, 4.69) is 20.4 Å². The number of carbonyl (C=O) groups is 2.